The zero-order valence-electron chi connectivity index (χ0n) is 11.0. The van der Waals surface area contributed by atoms with Gasteiger partial charge in [-0.3, -0.25) is 0 Å². The first-order valence-corrected chi connectivity index (χ1v) is 8.35. The normalized spacial score (nSPS) is 26.9. The molecule has 2 fully saturated rings. The van der Waals surface area contributed by atoms with E-state index in [-0.39, 0.29) is 12.4 Å². The highest BCUT2D eigenvalue weighted by atomic mass is 35.5. The van der Waals surface area contributed by atoms with Gasteiger partial charge in [0, 0.05) is 18.1 Å². The van der Waals surface area contributed by atoms with Gasteiger partial charge in [0.1, 0.15) is 0 Å². The van der Waals surface area contributed by atoms with Crippen molar-refractivity contribution < 1.29 is 8.42 Å². The molecule has 2 unspecified atom stereocenters. The average molecular weight is 337 g/mol. The van der Waals surface area contributed by atoms with Crippen LogP contribution in [-0.4, -0.2) is 38.9 Å². The van der Waals surface area contributed by atoms with Crippen molar-refractivity contribution in [3.63, 3.8) is 0 Å². The van der Waals surface area contributed by atoms with Crippen LogP contribution in [0.25, 0.3) is 0 Å². The first-order valence-electron chi connectivity index (χ1n) is 6.54. The van der Waals surface area contributed by atoms with Crippen molar-refractivity contribution in [2.24, 2.45) is 11.8 Å². The highest BCUT2D eigenvalue weighted by molar-refractivity contribution is 7.89. The summed E-state index contributed by atoms with van der Waals surface area (Å²) in [5, 5.41) is 3.90. The first-order chi connectivity index (χ1) is 9.07. The van der Waals surface area contributed by atoms with Crippen LogP contribution in [0.4, 0.5) is 0 Å². The maximum atomic E-state index is 12.5. The molecule has 20 heavy (non-hydrogen) atoms. The molecule has 1 aromatic carbocycles. The van der Waals surface area contributed by atoms with Crippen LogP contribution in [0.5, 0.6) is 0 Å². The van der Waals surface area contributed by atoms with E-state index in [2.05, 4.69) is 5.32 Å². The summed E-state index contributed by atoms with van der Waals surface area (Å²) in [6.45, 7) is 3.20. The van der Waals surface area contributed by atoms with Crippen molar-refractivity contribution in [3.8, 4) is 0 Å². The van der Waals surface area contributed by atoms with Gasteiger partial charge in [-0.15, -0.1) is 12.4 Å². The molecule has 0 amide bonds. The molecule has 2 saturated heterocycles. The number of nitrogens with zero attached hydrogens (tertiary/aromatic N) is 1. The van der Waals surface area contributed by atoms with Crippen LogP contribution >= 0.6 is 24.0 Å². The van der Waals surface area contributed by atoms with Crippen LogP contribution in [0, 0.1) is 11.8 Å². The standard InChI is InChI=1S/C13H17ClN2O2S.ClH/c14-12-1-3-13(4-2-12)19(17,18)16-6-5-10-7-15-8-11(10)9-16;/h1-4,10-11,15H,5-9H2;1H. The van der Waals surface area contributed by atoms with E-state index in [9.17, 15) is 8.42 Å². The van der Waals surface area contributed by atoms with Gasteiger partial charge < -0.3 is 5.32 Å². The molecule has 2 aliphatic heterocycles. The lowest BCUT2D eigenvalue weighted by atomic mass is 9.90. The Morgan fingerprint density at radius 1 is 1.15 bits per heavy atom. The molecule has 0 spiro atoms. The van der Waals surface area contributed by atoms with Crippen LogP contribution in [0.15, 0.2) is 29.2 Å². The molecule has 7 heteroatoms. The third-order valence-corrected chi connectivity index (χ3v) is 6.25. The fraction of sp³-hybridized carbons (Fsp3) is 0.538. The van der Waals surface area contributed by atoms with Crippen LogP contribution in [0.2, 0.25) is 5.02 Å². The Balaban J connectivity index is 0.00000147. The smallest absolute Gasteiger partial charge is 0.243 e. The molecule has 2 aliphatic rings. The monoisotopic (exact) mass is 336 g/mol. The third-order valence-electron chi connectivity index (χ3n) is 4.12. The van der Waals surface area contributed by atoms with E-state index >= 15 is 0 Å². The molecule has 0 aromatic heterocycles. The van der Waals surface area contributed by atoms with Crippen LogP contribution < -0.4 is 5.32 Å². The average Bonchev–Trinajstić information content (AvgIpc) is 2.86. The second-order valence-corrected chi connectivity index (χ2v) is 7.66. The van der Waals surface area contributed by atoms with E-state index in [0.717, 1.165) is 19.5 Å². The lowest BCUT2D eigenvalue weighted by Crippen LogP contribution is -2.43. The second kappa shape index (κ2) is 6.20. The number of rotatable bonds is 2. The van der Waals surface area contributed by atoms with Crippen molar-refractivity contribution in [1.82, 2.24) is 9.62 Å². The second-order valence-electron chi connectivity index (χ2n) is 5.28. The maximum absolute atomic E-state index is 12.5. The number of benzene rings is 1. The molecular weight excluding hydrogens is 319 g/mol. The van der Waals surface area contributed by atoms with Crippen molar-refractivity contribution in [2.45, 2.75) is 11.3 Å². The number of nitrogens with one attached hydrogen (secondary N) is 1. The minimum absolute atomic E-state index is 0. The Morgan fingerprint density at radius 2 is 1.80 bits per heavy atom. The lowest BCUT2D eigenvalue weighted by Gasteiger charge is -2.33. The zero-order valence-corrected chi connectivity index (χ0v) is 13.3. The number of halogens is 2. The molecule has 0 saturated carbocycles. The van der Waals surface area contributed by atoms with Crippen LogP contribution in [-0.2, 0) is 10.0 Å². The summed E-state index contributed by atoms with van der Waals surface area (Å²) >= 11 is 5.80. The van der Waals surface area contributed by atoms with Gasteiger partial charge in [0.15, 0.2) is 0 Å². The molecule has 3 rings (SSSR count). The van der Waals surface area contributed by atoms with Gasteiger partial charge in [0.25, 0.3) is 0 Å². The lowest BCUT2D eigenvalue weighted by molar-refractivity contribution is 0.228. The molecule has 2 heterocycles. The molecule has 0 aliphatic carbocycles. The predicted octanol–water partition coefficient (Wildman–Crippen LogP) is 1.99. The minimum atomic E-state index is -3.37. The van der Waals surface area contributed by atoms with E-state index in [4.69, 9.17) is 11.6 Å². The highest BCUT2D eigenvalue weighted by Gasteiger charge is 2.37. The van der Waals surface area contributed by atoms with Crippen molar-refractivity contribution >= 4 is 34.0 Å². The molecule has 2 atom stereocenters. The molecular formula is C13H18Cl2N2O2S. The Bertz CT molecular complexity index is 562. The Morgan fingerprint density at radius 3 is 2.50 bits per heavy atom. The van der Waals surface area contributed by atoms with E-state index in [1.807, 2.05) is 0 Å². The Labute approximate surface area is 131 Å². The van der Waals surface area contributed by atoms with Gasteiger partial charge in [-0.05, 0) is 55.6 Å². The Kier molecular flexibility index (Phi) is 4.97. The summed E-state index contributed by atoms with van der Waals surface area (Å²) in [7, 11) is -3.37. The summed E-state index contributed by atoms with van der Waals surface area (Å²) in [5.74, 6) is 1.09. The predicted molar refractivity (Wildman–Crippen MR) is 81.9 cm³/mol. The van der Waals surface area contributed by atoms with Crippen molar-refractivity contribution in [2.75, 3.05) is 26.2 Å². The SMILES string of the molecule is Cl.O=S(=O)(c1ccc(Cl)cc1)N1CCC2CNCC2C1. The van der Waals surface area contributed by atoms with E-state index in [0.29, 0.717) is 34.8 Å². The zero-order chi connectivity index (χ0) is 13.5. The number of piperidine rings is 1. The maximum Gasteiger partial charge on any atom is 0.243 e. The quantitative estimate of drug-likeness (QED) is 0.898. The van der Waals surface area contributed by atoms with Gasteiger partial charge >= 0.3 is 0 Å². The van der Waals surface area contributed by atoms with Crippen LogP contribution in [0.3, 0.4) is 0 Å². The molecule has 4 nitrogen and oxygen atoms in total. The third kappa shape index (κ3) is 2.97. The number of hydrogen-bond donors (Lipinski definition) is 1. The first kappa shape index (κ1) is 16.0. The van der Waals surface area contributed by atoms with Crippen molar-refractivity contribution in [3.05, 3.63) is 29.3 Å². The minimum Gasteiger partial charge on any atom is -0.316 e. The topological polar surface area (TPSA) is 49.4 Å². The van der Waals surface area contributed by atoms with E-state index in [1.165, 1.54) is 0 Å². The fourth-order valence-corrected chi connectivity index (χ4v) is 4.61. The molecule has 0 bridgehead atoms. The number of sulfonamides is 1. The highest BCUT2D eigenvalue weighted by Crippen LogP contribution is 2.30. The molecule has 1 aromatic rings. The summed E-state index contributed by atoms with van der Waals surface area (Å²) < 4.78 is 26.7. The van der Waals surface area contributed by atoms with E-state index < -0.39 is 10.0 Å². The Hall–Kier alpha value is -0.330. The van der Waals surface area contributed by atoms with E-state index in [1.54, 1.807) is 28.6 Å². The van der Waals surface area contributed by atoms with Gasteiger partial charge in [-0.1, -0.05) is 11.6 Å². The summed E-state index contributed by atoms with van der Waals surface area (Å²) in [6, 6.07) is 6.41. The van der Waals surface area contributed by atoms with Crippen molar-refractivity contribution in [1.29, 1.82) is 0 Å². The number of fused-ring (bicyclic) bond motifs is 1. The molecule has 112 valence electrons. The molecule has 0 radical (unpaired) electrons. The van der Waals surface area contributed by atoms with Gasteiger partial charge in [0.05, 0.1) is 4.90 Å². The largest absolute Gasteiger partial charge is 0.316 e. The molecule has 1 N–H and O–H groups in total. The summed E-state index contributed by atoms with van der Waals surface area (Å²) in [5.41, 5.74) is 0. The van der Waals surface area contributed by atoms with Gasteiger partial charge in [0.2, 0.25) is 10.0 Å². The summed E-state index contributed by atoms with van der Waals surface area (Å²) in [4.78, 5) is 0.335. The fourth-order valence-electron chi connectivity index (χ4n) is 2.98. The number of hydrogen-bond acceptors (Lipinski definition) is 3. The van der Waals surface area contributed by atoms with Gasteiger partial charge in [-0.2, -0.15) is 4.31 Å². The summed E-state index contributed by atoms with van der Waals surface area (Å²) in [6.07, 6.45) is 0.949. The van der Waals surface area contributed by atoms with Gasteiger partial charge in [-0.25, -0.2) is 8.42 Å². The van der Waals surface area contributed by atoms with Crippen LogP contribution in [0.1, 0.15) is 6.42 Å².